The second-order valence-electron chi connectivity index (χ2n) is 6.64. The predicted molar refractivity (Wildman–Crippen MR) is 92.1 cm³/mol. The zero-order valence-corrected chi connectivity index (χ0v) is 15.0. The topological polar surface area (TPSA) is 64.6 Å². The summed E-state index contributed by atoms with van der Waals surface area (Å²) in [4.78, 5) is 24.0. The van der Waals surface area contributed by atoms with Crippen molar-refractivity contribution in [1.29, 1.82) is 0 Å². The van der Waals surface area contributed by atoms with Crippen molar-refractivity contribution < 1.29 is 19.1 Å². The van der Waals surface area contributed by atoms with E-state index in [0.717, 1.165) is 42.4 Å². The molecule has 0 saturated heterocycles. The Labute approximate surface area is 143 Å². The minimum Gasteiger partial charge on any atom is -0.481 e. The highest BCUT2D eigenvalue weighted by Crippen LogP contribution is 2.24. The standard InChI is InChI=1S/C19H27NO4/c1-12-9-13(2)18(14(3)10-12)23-11-17(21)24-15(4)19(22)20-16-7-5-6-8-16/h9-10,15-16H,5-8,11H2,1-4H3,(H,20,22)/t15-/m1/s1. The summed E-state index contributed by atoms with van der Waals surface area (Å²) in [5, 5.41) is 2.93. The normalized spacial score (nSPS) is 15.8. The second kappa shape index (κ2) is 8.18. The van der Waals surface area contributed by atoms with Crippen LogP contribution in [0, 0.1) is 20.8 Å². The summed E-state index contributed by atoms with van der Waals surface area (Å²) < 4.78 is 10.8. The molecule has 1 saturated carbocycles. The molecule has 0 spiro atoms. The van der Waals surface area contributed by atoms with Gasteiger partial charge in [0.25, 0.3) is 5.91 Å². The number of rotatable bonds is 6. The van der Waals surface area contributed by atoms with E-state index >= 15 is 0 Å². The Morgan fingerprint density at radius 2 is 1.75 bits per heavy atom. The van der Waals surface area contributed by atoms with Gasteiger partial charge in [-0.3, -0.25) is 4.79 Å². The molecule has 1 aliphatic carbocycles. The smallest absolute Gasteiger partial charge is 0.344 e. The molecule has 5 heteroatoms. The van der Waals surface area contributed by atoms with Crippen LogP contribution >= 0.6 is 0 Å². The van der Waals surface area contributed by atoms with Gasteiger partial charge in [-0.1, -0.05) is 30.5 Å². The van der Waals surface area contributed by atoms with Gasteiger partial charge in [0.2, 0.25) is 0 Å². The van der Waals surface area contributed by atoms with Gasteiger partial charge in [-0.25, -0.2) is 4.79 Å². The Morgan fingerprint density at radius 3 is 2.33 bits per heavy atom. The summed E-state index contributed by atoms with van der Waals surface area (Å²) in [7, 11) is 0. The van der Waals surface area contributed by atoms with Crippen LogP contribution in [0.4, 0.5) is 0 Å². The molecule has 1 amide bonds. The number of hydrogen-bond acceptors (Lipinski definition) is 4. The Morgan fingerprint density at radius 1 is 1.17 bits per heavy atom. The minimum atomic E-state index is -0.804. The van der Waals surface area contributed by atoms with Crippen molar-refractivity contribution in [3.05, 3.63) is 28.8 Å². The Bertz CT molecular complexity index is 582. The fourth-order valence-electron chi connectivity index (χ4n) is 3.20. The number of esters is 1. The molecule has 1 aromatic rings. The number of aryl methyl sites for hydroxylation is 3. The van der Waals surface area contributed by atoms with Gasteiger partial charge in [-0.05, 0) is 51.7 Å². The van der Waals surface area contributed by atoms with Gasteiger partial charge in [0, 0.05) is 6.04 Å². The van der Waals surface area contributed by atoms with Crippen molar-refractivity contribution in [3.8, 4) is 5.75 Å². The average Bonchev–Trinajstić information content (AvgIpc) is 2.98. The Hall–Kier alpha value is -2.04. The van der Waals surface area contributed by atoms with Gasteiger partial charge in [-0.15, -0.1) is 0 Å². The molecule has 0 heterocycles. The third kappa shape index (κ3) is 4.98. The lowest BCUT2D eigenvalue weighted by atomic mass is 10.1. The van der Waals surface area contributed by atoms with Crippen molar-refractivity contribution in [2.75, 3.05) is 6.61 Å². The van der Waals surface area contributed by atoms with Gasteiger partial charge in [0.1, 0.15) is 5.75 Å². The van der Waals surface area contributed by atoms with Crippen LogP contribution in [0.25, 0.3) is 0 Å². The van der Waals surface area contributed by atoms with Crippen molar-refractivity contribution in [2.45, 2.75) is 65.5 Å². The van der Waals surface area contributed by atoms with Crippen molar-refractivity contribution >= 4 is 11.9 Å². The highest BCUT2D eigenvalue weighted by molar-refractivity contribution is 5.83. The van der Waals surface area contributed by atoms with E-state index < -0.39 is 12.1 Å². The third-order valence-electron chi connectivity index (χ3n) is 4.32. The van der Waals surface area contributed by atoms with Crippen molar-refractivity contribution in [2.24, 2.45) is 0 Å². The van der Waals surface area contributed by atoms with Crippen LogP contribution in [-0.2, 0) is 14.3 Å². The van der Waals surface area contributed by atoms with Crippen LogP contribution in [0.15, 0.2) is 12.1 Å². The van der Waals surface area contributed by atoms with Crippen LogP contribution < -0.4 is 10.1 Å². The summed E-state index contributed by atoms with van der Waals surface area (Å²) in [5.41, 5.74) is 3.11. The predicted octanol–water partition coefficient (Wildman–Crippen LogP) is 2.98. The summed E-state index contributed by atoms with van der Waals surface area (Å²) in [6.45, 7) is 7.29. The molecule has 5 nitrogen and oxygen atoms in total. The average molecular weight is 333 g/mol. The fourth-order valence-corrected chi connectivity index (χ4v) is 3.20. The maximum absolute atomic E-state index is 12.0. The maximum atomic E-state index is 12.0. The van der Waals surface area contributed by atoms with Crippen LogP contribution in [-0.4, -0.2) is 30.6 Å². The van der Waals surface area contributed by atoms with Crippen LogP contribution in [0.5, 0.6) is 5.75 Å². The minimum absolute atomic E-state index is 0.203. The molecule has 1 aliphatic rings. The molecule has 2 rings (SSSR count). The van der Waals surface area contributed by atoms with E-state index in [9.17, 15) is 9.59 Å². The van der Waals surface area contributed by atoms with Crippen LogP contribution in [0.3, 0.4) is 0 Å². The maximum Gasteiger partial charge on any atom is 0.344 e. The summed E-state index contributed by atoms with van der Waals surface area (Å²) in [6.07, 6.45) is 3.48. The number of carbonyl (C=O) groups is 2. The zero-order chi connectivity index (χ0) is 17.7. The molecule has 0 unspecified atom stereocenters. The molecule has 1 aromatic carbocycles. The molecule has 0 radical (unpaired) electrons. The first-order valence-electron chi connectivity index (χ1n) is 8.57. The van der Waals surface area contributed by atoms with E-state index in [1.807, 2.05) is 32.9 Å². The first-order chi connectivity index (χ1) is 11.4. The summed E-state index contributed by atoms with van der Waals surface area (Å²) in [5.74, 6) is -0.0815. The van der Waals surface area contributed by atoms with E-state index in [-0.39, 0.29) is 18.6 Å². The Balaban J connectivity index is 1.81. The first-order valence-corrected chi connectivity index (χ1v) is 8.57. The highest BCUT2D eigenvalue weighted by atomic mass is 16.6. The first kappa shape index (κ1) is 18.3. The number of nitrogens with one attached hydrogen (secondary N) is 1. The van der Waals surface area contributed by atoms with Crippen molar-refractivity contribution in [1.82, 2.24) is 5.32 Å². The molecule has 1 N–H and O–H groups in total. The van der Waals surface area contributed by atoms with Crippen molar-refractivity contribution in [3.63, 3.8) is 0 Å². The lowest BCUT2D eigenvalue weighted by molar-refractivity contribution is -0.156. The molecule has 0 aromatic heterocycles. The molecule has 1 fully saturated rings. The Kier molecular flexibility index (Phi) is 6.23. The van der Waals surface area contributed by atoms with Gasteiger partial charge >= 0.3 is 5.97 Å². The molecule has 132 valence electrons. The summed E-state index contributed by atoms with van der Waals surface area (Å²) in [6, 6.07) is 4.23. The van der Waals surface area contributed by atoms with E-state index in [4.69, 9.17) is 9.47 Å². The van der Waals surface area contributed by atoms with Gasteiger partial charge in [0.05, 0.1) is 0 Å². The summed E-state index contributed by atoms with van der Waals surface area (Å²) >= 11 is 0. The lowest BCUT2D eigenvalue weighted by Gasteiger charge is -2.18. The number of benzene rings is 1. The molecule has 24 heavy (non-hydrogen) atoms. The van der Waals surface area contributed by atoms with Gasteiger partial charge in [-0.2, -0.15) is 0 Å². The number of amides is 1. The van der Waals surface area contributed by atoms with E-state index in [1.165, 1.54) is 0 Å². The molecular weight excluding hydrogens is 306 g/mol. The van der Waals surface area contributed by atoms with Crippen LogP contribution in [0.2, 0.25) is 0 Å². The van der Waals surface area contributed by atoms with Gasteiger partial charge in [0.15, 0.2) is 12.7 Å². The molecule has 0 bridgehead atoms. The van der Waals surface area contributed by atoms with E-state index in [1.54, 1.807) is 6.92 Å². The monoisotopic (exact) mass is 333 g/mol. The number of hydrogen-bond donors (Lipinski definition) is 1. The van der Waals surface area contributed by atoms with Gasteiger partial charge < -0.3 is 14.8 Å². The molecular formula is C19H27NO4. The SMILES string of the molecule is Cc1cc(C)c(OCC(=O)O[C@H](C)C(=O)NC2CCCC2)c(C)c1. The largest absolute Gasteiger partial charge is 0.481 e. The quantitative estimate of drug-likeness (QED) is 0.813. The van der Waals surface area contributed by atoms with E-state index in [0.29, 0.717) is 5.75 Å². The fraction of sp³-hybridized carbons (Fsp3) is 0.579. The van der Waals surface area contributed by atoms with Crippen LogP contribution in [0.1, 0.15) is 49.3 Å². The van der Waals surface area contributed by atoms with E-state index in [2.05, 4.69) is 5.32 Å². The third-order valence-corrected chi connectivity index (χ3v) is 4.32. The molecule has 1 atom stereocenters. The lowest BCUT2D eigenvalue weighted by Crippen LogP contribution is -2.41. The number of carbonyl (C=O) groups excluding carboxylic acids is 2. The number of ether oxygens (including phenoxy) is 2. The second-order valence-corrected chi connectivity index (χ2v) is 6.64. The highest BCUT2D eigenvalue weighted by Gasteiger charge is 2.23. The zero-order valence-electron chi connectivity index (χ0n) is 15.0. The molecule has 0 aliphatic heterocycles.